The number of rotatable bonds is 10. The summed E-state index contributed by atoms with van der Waals surface area (Å²) in [5.41, 5.74) is 2.15. The Kier molecular flexibility index (Phi) is 11.5. The summed E-state index contributed by atoms with van der Waals surface area (Å²) in [7, 11) is 3.67. The normalized spacial score (nSPS) is 12.3. The van der Waals surface area contributed by atoms with Crippen LogP contribution in [-0.4, -0.2) is 49.8 Å². The van der Waals surface area contributed by atoms with Crippen LogP contribution in [-0.2, 0) is 23.2 Å². The summed E-state index contributed by atoms with van der Waals surface area (Å²) < 4.78 is 22.2. The molecule has 2 rings (SSSR count). The van der Waals surface area contributed by atoms with E-state index in [1.807, 2.05) is 0 Å². The summed E-state index contributed by atoms with van der Waals surface area (Å²) in [5, 5.41) is 1.11. The van der Waals surface area contributed by atoms with Gasteiger partial charge in [0.2, 0.25) is 0 Å². The SMILES string of the molecule is CN(C)C(=O)/C(=C\C=C\O[PH](=O)O/C=C/C=C(\C(=O)N(C)C)c1ccc(Cl)cc1)c1ccc(Cl)cc1. The lowest BCUT2D eigenvalue weighted by molar-refractivity contribution is -0.123. The zero-order chi connectivity index (χ0) is 26.7. The Balaban J connectivity index is 2.05. The van der Waals surface area contributed by atoms with Gasteiger partial charge in [-0.15, -0.1) is 0 Å². The van der Waals surface area contributed by atoms with Crippen LogP contribution in [0.25, 0.3) is 11.1 Å². The zero-order valence-electron chi connectivity index (χ0n) is 20.3. The molecule has 0 aliphatic rings. The van der Waals surface area contributed by atoms with E-state index >= 15 is 0 Å². The fourth-order valence-electron chi connectivity index (χ4n) is 2.81. The predicted octanol–water partition coefficient (Wildman–Crippen LogP) is 6.09. The van der Waals surface area contributed by atoms with Gasteiger partial charge in [-0.2, -0.15) is 0 Å². The highest BCUT2D eigenvalue weighted by Crippen LogP contribution is 2.26. The highest BCUT2D eigenvalue weighted by molar-refractivity contribution is 7.33. The molecular formula is C26H27Cl2N2O5P. The van der Waals surface area contributed by atoms with Crippen LogP contribution in [0.15, 0.2) is 85.4 Å². The number of nitrogens with zero attached hydrogens (tertiary/aromatic N) is 2. The summed E-state index contributed by atoms with van der Waals surface area (Å²) in [5.74, 6) is -0.436. The molecule has 0 aliphatic carbocycles. The summed E-state index contributed by atoms with van der Waals surface area (Å²) in [6.45, 7) is 0. The lowest BCUT2D eigenvalue weighted by Crippen LogP contribution is -2.22. The minimum Gasteiger partial charge on any atom is -0.426 e. The van der Waals surface area contributed by atoms with Crippen molar-refractivity contribution >= 4 is 54.4 Å². The van der Waals surface area contributed by atoms with Gasteiger partial charge in [-0.1, -0.05) is 47.5 Å². The number of amides is 2. The topological polar surface area (TPSA) is 76.1 Å². The summed E-state index contributed by atoms with van der Waals surface area (Å²) in [6.07, 6.45) is 8.36. The maximum atomic E-state index is 12.5. The van der Waals surface area contributed by atoms with Gasteiger partial charge in [0.15, 0.2) is 0 Å². The van der Waals surface area contributed by atoms with Gasteiger partial charge in [-0.05, 0) is 59.7 Å². The maximum absolute atomic E-state index is 12.5. The Morgan fingerprint density at radius 1 is 0.694 bits per heavy atom. The first-order chi connectivity index (χ1) is 17.1. The van der Waals surface area contributed by atoms with Crippen molar-refractivity contribution in [2.45, 2.75) is 0 Å². The fraction of sp³-hybridized carbons (Fsp3) is 0.154. The van der Waals surface area contributed by atoms with E-state index in [9.17, 15) is 14.2 Å². The summed E-state index contributed by atoms with van der Waals surface area (Å²) in [4.78, 5) is 27.9. The van der Waals surface area contributed by atoms with E-state index in [2.05, 4.69) is 0 Å². The average molecular weight is 549 g/mol. The molecule has 10 heteroatoms. The Hall–Kier alpha value is -3.25. The third kappa shape index (κ3) is 9.08. The van der Waals surface area contributed by atoms with Gasteiger partial charge in [0.1, 0.15) is 0 Å². The molecule has 0 aliphatic heterocycles. The molecule has 0 radical (unpaired) electrons. The first-order valence-corrected chi connectivity index (χ1v) is 12.6. The molecule has 2 amide bonds. The first-order valence-electron chi connectivity index (χ1n) is 10.7. The third-order valence-corrected chi connectivity index (χ3v) is 5.76. The molecule has 2 aromatic carbocycles. The lowest BCUT2D eigenvalue weighted by atomic mass is 10.0. The Morgan fingerprint density at radius 2 is 1.03 bits per heavy atom. The maximum Gasteiger partial charge on any atom is 0.417 e. The van der Waals surface area contributed by atoms with Crippen LogP contribution in [0, 0.1) is 0 Å². The highest BCUT2D eigenvalue weighted by Gasteiger charge is 2.14. The van der Waals surface area contributed by atoms with E-state index in [0.717, 1.165) is 0 Å². The monoisotopic (exact) mass is 548 g/mol. The number of hydrogen-bond acceptors (Lipinski definition) is 5. The van der Waals surface area contributed by atoms with Crippen LogP contribution in [0.5, 0.6) is 0 Å². The molecule has 0 aromatic heterocycles. The first kappa shape index (κ1) is 29.0. The highest BCUT2D eigenvalue weighted by atomic mass is 35.5. The molecule has 0 heterocycles. The number of allylic oxidation sites excluding steroid dienone is 4. The van der Waals surface area contributed by atoms with Gasteiger partial charge in [0.05, 0.1) is 12.5 Å². The van der Waals surface area contributed by atoms with Crippen molar-refractivity contribution in [1.82, 2.24) is 9.80 Å². The van der Waals surface area contributed by atoms with Crippen LogP contribution >= 0.6 is 31.5 Å². The van der Waals surface area contributed by atoms with Crippen LogP contribution in [0.1, 0.15) is 11.1 Å². The molecule has 0 bridgehead atoms. The molecule has 190 valence electrons. The van der Waals surface area contributed by atoms with Gasteiger partial charge in [-0.3, -0.25) is 9.59 Å². The smallest absolute Gasteiger partial charge is 0.417 e. The predicted molar refractivity (Wildman–Crippen MR) is 146 cm³/mol. The van der Waals surface area contributed by atoms with Crippen molar-refractivity contribution in [3.05, 3.63) is 107 Å². The van der Waals surface area contributed by atoms with Crippen molar-refractivity contribution in [3.63, 3.8) is 0 Å². The molecule has 0 fully saturated rings. The van der Waals surface area contributed by atoms with Crippen molar-refractivity contribution in [2.24, 2.45) is 0 Å². The number of likely N-dealkylation sites (N-methyl/N-ethyl adjacent to an activating group) is 2. The van der Waals surface area contributed by atoms with Gasteiger partial charge >= 0.3 is 8.25 Å². The number of carbonyl (C=O) groups is 2. The standard InChI is InChI=1S/C26H27Cl2N2O5P/c1-29(2)25(31)23(19-9-13-21(27)14-10-19)7-5-17-34-36(33)35-18-6-8-24(26(32)30(3)4)20-11-15-22(28)16-12-20/h5-18,36H,1-4H3/b17-5+,18-6+,23-7-,24-8-. The van der Waals surface area contributed by atoms with E-state index < -0.39 is 8.25 Å². The molecule has 2 aromatic rings. The van der Waals surface area contributed by atoms with E-state index in [4.69, 9.17) is 32.2 Å². The van der Waals surface area contributed by atoms with Crippen LogP contribution in [0.3, 0.4) is 0 Å². The Morgan fingerprint density at radius 3 is 1.33 bits per heavy atom. The van der Waals surface area contributed by atoms with Gasteiger partial charge in [0, 0.05) is 49.4 Å². The molecule has 7 nitrogen and oxygen atoms in total. The molecule has 0 saturated carbocycles. The molecule has 0 spiro atoms. The number of carbonyl (C=O) groups excluding carboxylic acids is 2. The fourth-order valence-corrected chi connectivity index (χ4v) is 3.50. The molecule has 0 N–H and O–H groups in total. The number of halogens is 2. The average Bonchev–Trinajstić information content (AvgIpc) is 2.84. The van der Waals surface area contributed by atoms with E-state index in [1.54, 1.807) is 88.9 Å². The summed E-state index contributed by atoms with van der Waals surface area (Å²) in [6, 6.07) is 13.7. The third-order valence-electron chi connectivity index (χ3n) is 4.60. The Labute approximate surface area is 221 Å². The molecule has 36 heavy (non-hydrogen) atoms. The van der Waals surface area contributed by atoms with Crippen molar-refractivity contribution in [2.75, 3.05) is 28.2 Å². The second kappa shape index (κ2) is 14.3. The van der Waals surface area contributed by atoms with Crippen molar-refractivity contribution < 1.29 is 23.2 Å². The zero-order valence-corrected chi connectivity index (χ0v) is 22.8. The van der Waals surface area contributed by atoms with Crippen molar-refractivity contribution in [1.29, 1.82) is 0 Å². The van der Waals surface area contributed by atoms with Crippen LogP contribution < -0.4 is 0 Å². The Bertz CT molecular complexity index is 1110. The minimum atomic E-state index is -2.90. The van der Waals surface area contributed by atoms with Gasteiger partial charge < -0.3 is 18.8 Å². The van der Waals surface area contributed by atoms with E-state index in [1.165, 1.54) is 34.5 Å². The summed E-state index contributed by atoms with van der Waals surface area (Å²) >= 11 is 11.9. The minimum absolute atomic E-state index is 0.218. The largest absolute Gasteiger partial charge is 0.426 e. The number of benzene rings is 2. The quantitative estimate of drug-likeness (QED) is 0.155. The number of hydrogen-bond donors (Lipinski definition) is 0. The van der Waals surface area contributed by atoms with Crippen LogP contribution in [0.4, 0.5) is 0 Å². The van der Waals surface area contributed by atoms with Crippen LogP contribution in [0.2, 0.25) is 10.0 Å². The van der Waals surface area contributed by atoms with E-state index in [0.29, 0.717) is 32.3 Å². The van der Waals surface area contributed by atoms with E-state index in [-0.39, 0.29) is 11.8 Å². The second-order valence-corrected chi connectivity index (χ2v) is 9.56. The second-order valence-electron chi connectivity index (χ2n) is 7.72. The lowest BCUT2D eigenvalue weighted by Gasteiger charge is -2.13. The molecular weight excluding hydrogens is 522 g/mol. The molecule has 0 saturated heterocycles. The van der Waals surface area contributed by atoms with Crippen molar-refractivity contribution in [3.8, 4) is 0 Å². The molecule has 0 atom stereocenters. The molecule has 0 unspecified atom stereocenters. The van der Waals surface area contributed by atoms with Gasteiger partial charge in [-0.25, -0.2) is 4.57 Å². The van der Waals surface area contributed by atoms with Gasteiger partial charge in [0.25, 0.3) is 11.8 Å².